The monoisotopic (exact) mass is 345 g/mol. The zero-order valence-electron chi connectivity index (χ0n) is 15.2. The number of carbonyl (C=O) groups excluding carboxylic acids is 1. The lowest BCUT2D eigenvalue weighted by Gasteiger charge is -2.28. The number of nitrogens with one attached hydrogen (secondary N) is 1. The minimum absolute atomic E-state index is 0.0109. The van der Waals surface area contributed by atoms with Gasteiger partial charge in [0.05, 0.1) is 17.7 Å². The first-order valence-corrected chi connectivity index (χ1v) is 8.98. The van der Waals surface area contributed by atoms with E-state index in [2.05, 4.69) is 17.1 Å². The molecule has 0 saturated heterocycles. The molecule has 1 N–H and O–H groups in total. The van der Waals surface area contributed by atoms with Crippen LogP contribution in [0.5, 0.6) is 0 Å². The van der Waals surface area contributed by atoms with Gasteiger partial charge in [-0.15, -0.1) is 0 Å². The molecular weight excluding hydrogens is 322 g/mol. The van der Waals surface area contributed by atoms with Gasteiger partial charge in [-0.3, -0.25) is 4.79 Å². The van der Waals surface area contributed by atoms with Crippen LogP contribution in [0.1, 0.15) is 43.0 Å². The van der Waals surface area contributed by atoms with Gasteiger partial charge >= 0.3 is 0 Å². The van der Waals surface area contributed by atoms with Crippen LogP contribution < -0.4 is 0 Å². The van der Waals surface area contributed by atoms with Crippen molar-refractivity contribution >= 4 is 16.8 Å². The number of hydrogen-bond donors (Lipinski definition) is 1. The van der Waals surface area contributed by atoms with Crippen LogP contribution in [0.15, 0.2) is 54.7 Å². The van der Waals surface area contributed by atoms with Crippen molar-refractivity contribution in [1.82, 2.24) is 9.88 Å². The molecule has 0 aliphatic heterocycles. The number of benzene rings is 2. The highest BCUT2D eigenvalue weighted by atomic mass is 16.2. The third kappa shape index (κ3) is 3.62. The van der Waals surface area contributed by atoms with Gasteiger partial charge in [0.1, 0.15) is 0 Å². The minimum atomic E-state index is -0.0109. The largest absolute Gasteiger partial charge is 0.361 e. The summed E-state index contributed by atoms with van der Waals surface area (Å²) in [5.41, 5.74) is 3.96. The molecule has 1 amide bonds. The van der Waals surface area contributed by atoms with Gasteiger partial charge in [0.15, 0.2) is 0 Å². The second-order valence-electron chi connectivity index (χ2n) is 6.45. The van der Waals surface area contributed by atoms with E-state index in [9.17, 15) is 4.79 Å². The average Bonchev–Trinajstić information content (AvgIpc) is 3.10. The first-order chi connectivity index (χ1) is 12.6. The van der Waals surface area contributed by atoms with Crippen molar-refractivity contribution in [1.29, 1.82) is 5.26 Å². The van der Waals surface area contributed by atoms with Gasteiger partial charge in [-0.1, -0.05) is 30.3 Å². The second kappa shape index (κ2) is 7.88. The quantitative estimate of drug-likeness (QED) is 0.711. The smallest absolute Gasteiger partial charge is 0.223 e. The zero-order chi connectivity index (χ0) is 18.5. The number of carbonyl (C=O) groups is 1. The molecule has 132 valence electrons. The van der Waals surface area contributed by atoms with Gasteiger partial charge in [-0.2, -0.15) is 5.26 Å². The fraction of sp³-hybridized carbons (Fsp3) is 0.273. The van der Waals surface area contributed by atoms with E-state index in [-0.39, 0.29) is 11.9 Å². The molecule has 1 heterocycles. The summed E-state index contributed by atoms with van der Waals surface area (Å²) in [5, 5.41) is 10.1. The van der Waals surface area contributed by atoms with Crippen molar-refractivity contribution in [3.8, 4) is 6.07 Å². The number of aromatic nitrogens is 1. The maximum atomic E-state index is 12.8. The summed E-state index contributed by atoms with van der Waals surface area (Å²) in [6.45, 7) is 4.70. The Balaban J connectivity index is 1.69. The molecule has 0 spiro atoms. The molecule has 3 rings (SSSR count). The number of H-pyrrole nitrogens is 1. The van der Waals surface area contributed by atoms with Crippen molar-refractivity contribution in [3.63, 3.8) is 0 Å². The minimum Gasteiger partial charge on any atom is -0.361 e. The van der Waals surface area contributed by atoms with Crippen LogP contribution >= 0.6 is 0 Å². The van der Waals surface area contributed by atoms with Crippen molar-refractivity contribution in [3.05, 3.63) is 71.4 Å². The topological polar surface area (TPSA) is 59.9 Å². The fourth-order valence-electron chi connectivity index (χ4n) is 3.41. The van der Waals surface area contributed by atoms with E-state index in [0.717, 1.165) is 17.5 Å². The summed E-state index contributed by atoms with van der Waals surface area (Å²) in [6, 6.07) is 17.7. The van der Waals surface area contributed by atoms with E-state index in [0.29, 0.717) is 18.5 Å². The average molecular weight is 345 g/mol. The SMILES string of the molecule is CCN(C(=O)CCc1c[nH]c2ccccc12)C(C)c1ccc(C#N)cc1. The number of aromatic amines is 1. The van der Waals surface area contributed by atoms with Crippen LogP contribution in [-0.2, 0) is 11.2 Å². The standard InChI is InChI=1S/C22H23N3O/c1-3-25(16(2)18-10-8-17(14-23)9-11-18)22(26)13-12-19-15-24-21-7-5-4-6-20(19)21/h4-11,15-16,24H,3,12-13H2,1-2H3. The molecule has 1 atom stereocenters. The van der Waals surface area contributed by atoms with Crippen LogP contribution in [0.25, 0.3) is 10.9 Å². The molecule has 0 fully saturated rings. The molecule has 2 aromatic carbocycles. The zero-order valence-corrected chi connectivity index (χ0v) is 15.2. The predicted octanol–water partition coefficient (Wildman–Crippen LogP) is 4.58. The number of fused-ring (bicyclic) bond motifs is 1. The Hall–Kier alpha value is -3.06. The maximum absolute atomic E-state index is 12.8. The molecule has 1 aromatic heterocycles. The molecule has 0 saturated carbocycles. The lowest BCUT2D eigenvalue weighted by molar-refractivity contribution is -0.133. The van der Waals surface area contributed by atoms with E-state index in [4.69, 9.17) is 5.26 Å². The Labute approximate surface area is 154 Å². The molecule has 1 unspecified atom stereocenters. The third-order valence-electron chi connectivity index (χ3n) is 4.93. The van der Waals surface area contributed by atoms with E-state index in [1.54, 1.807) is 12.1 Å². The van der Waals surface area contributed by atoms with Crippen LogP contribution in [0.3, 0.4) is 0 Å². The molecule has 3 aromatic rings. The molecule has 0 aliphatic rings. The van der Waals surface area contributed by atoms with Crippen LogP contribution in [0, 0.1) is 11.3 Å². The molecule has 0 aliphatic carbocycles. The maximum Gasteiger partial charge on any atom is 0.223 e. The third-order valence-corrected chi connectivity index (χ3v) is 4.93. The lowest BCUT2D eigenvalue weighted by Crippen LogP contribution is -2.33. The normalized spacial score (nSPS) is 11.9. The Kier molecular flexibility index (Phi) is 5.38. The summed E-state index contributed by atoms with van der Waals surface area (Å²) >= 11 is 0. The van der Waals surface area contributed by atoms with Crippen molar-refractivity contribution in [2.75, 3.05) is 6.54 Å². The van der Waals surface area contributed by atoms with E-state index >= 15 is 0 Å². The Morgan fingerprint density at radius 2 is 1.92 bits per heavy atom. The predicted molar refractivity (Wildman–Crippen MR) is 104 cm³/mol. The number of nitriles is 1. The molecule has 0 bridgehead atoms. The van der Waals surface area contributed by atoms with E-state index < -0.39 is 0 Å². The Bertz CT molecular complexity index is 934. The lowest BCUT2D eigenvalue weighted by atomic mass is 10.0. The van der Waals surface area contributed by atoms with E-state index in [1.807, 2.05) is 55.3 Å². The number of rotatable bonds is 6. The van der Waals surface area contributed by atoms with Crippen molar-refractivity contribution < 1.29 is 4.79 Å². The highest BCUT2D eigenvalue weighted by molar-refractivity contribution is 5.84. The summed E-state index contributed by atoms with van der Waals surface area (Å²) in [7, 11) is 0. The fourth-order valence-corrected chi connectivity index (χ4v) is 3.41. The van der Waals surface area contributed by atoms with Crippen molar-refractivity contribution in [2.24, 2.45) is 0 Å². The number of hydrogen-bond acceptors (Lipinski definition) is 2. The van der Waals surface area contributed by atoms with Gasteiger partial charge in [0.2, 0.25) is 5.91 Å². The summed E-state index contributed by atoms with van der Waals surface area (Å²) < 4.78 is 0. The number of amides is 1. The Morgan fingerprint density at radius 3 is 2.62 bits per heavy atom. The Morgan fingerprint density at radius 1 is 1.19 bits per heavy atom. The van der Waals surface area contributed by atoms with Gasteiger partial charge in [-0.05, 0) is 49.6 Å². The van der Waals surface area contributed by atoms with Crippen LogP contribution in [0.4, 0.5) is 0 Å². The first kappa shape index (κ1) is 17.8. The van der Waals surface area contributed by atoms with Gasteiger partial charge in [0, 0.05) is 30.1 Å². The van der Waals surface area contributed by atoms with Gasteiger partial charge in [0.25, 0.3) is 0 Å². The number of aryl methyl sites for hydroxylation is 1. The van der Waals surface area contributed by atoms with Crippen LogP contribution in [-0.4, -0.2) is 22.3 Å². The van der Waals surface area contributed by atoms with Crippen molar-refractivity contribution in [2.45, 2.75) is 32.7 Å². The highest BCUT2D eigenvalue weighted by Crippen LogP contribution is 2.23. The molecule has 4 nitrogen and oxygen atoms in total. The summed E-state index contributed by atoms with van der Waals surface area (Å²) in [6.07, 6.45) is 3.20. The molecule has 4 heteroatoms. The molecule has 26 heavy (non-hydrogen) atoms. The first-order valence-electron chi connectivity index (χ1n) is 8.98. The molecular formula is C22H23N3O. The highest BCUT2D eigenvalue weighted by Gasteiger charge is 2.20. The summed E-state index contributed by atoms with van der Waals surface area (Å²) in [4.78, 5) is 18.0. The van der Waals surface area contributed by atoms with Gasteiger partial charge in [-0.25, -0.2) is 0 Å². The number of para-hydroxylation sites is 1. The van der Waals surface area contributed by atoms with Crippen LogP contribution in [0.2, 0.25) is 0 Å². The molecule has 0 radical (unpaired) electrons. The second-order valence-corrected chi connectivity index (χ2v) is 6.45. The summed E-state index contributed by atoms with van der Waals surface area (Å²) in [5.74, 6) is 0.148. The van der Waals surface area contributed by atoms with E-state index in [1.165, 1.54) is 10.9 Å². The van der Waals surface area contributed by atoms with Gasteiger partial charge < -0.3 is 9.88 Å². The number of nitrogens with zero attached hydrogens (tertiary/aromatic N) is 2.